The van der Waals surface area contributed by atoms with Crippen LogP contribution in [0.25, 0.3) is 0 Å². The SMILES string of the molecule is Cl.O=C([O-])c1ccc(CC2C[NH2+]CCO2)o1. The van der Waals surface area contributed by atoms with E-state index in [9.17, 15) is 9.90 Å². The summed E-state index contributed by atoms with van der Waals surface area (Å²) in [5.74, 6) is -0.767. The van der Waals surface area contributed by atoms with Crippen molar-refractivity contribution in [3.8, 4) is 0 Å². The quantitative estimate of drug-likeness (QED) is 0.710. The molecule has 1 aliphatic heterocycles. The van der Waals surface area contributed by atoms with Gasteiger partial charge >= 0.3 is 0 Å². The molecule has 1 aromatic heterocycles. The minimum absolute atomic E-state index is 0. The predicted octanol–water partition coefficient (Wildman–Crippen LogP) is -1.43. The molecule has 0 radical (unpaired) electrons. The third-order valence-electron chi connectivity index (χ3n) is 2.40. The Hall–Kier alpha value is -1.04. The van der Waals surface area contributed by atoms with Crippen LogP contribution in [0, 0.1) is 0 Å². The van der Waals surface area contributed by atoms with Gasteiger partial charge < -0.3 is 24.4 Å². The van der Waals surface area contributed by atoms with Crippen molar-refractivity contribution < 1.29 is 24.4 Å². The number of carbonyl (C=O) groups is 1. The van der Waals surface area contributed by atoms with E-state index in [0.29, 0.717) is 12.2 Å². The van der Waals surface area contributed by atoms with Crippen LogP contribution in [0.2, 0.25) is 0 Å². The Morgan fingerprint density at radius 1 is 1.56 bits per heavy atom. The van der Waals surface area contributed by atoms with Crippen molar-refractivity contribution in [2.75, 3.05) is 19.7 Å². The Labute approximate surface area is 99.2 Å². The average Bonchev–Trinajstić information content (AvgIpc) is 2.68. The smallest absolute Gasteiger partial charge is 0.149 e. The van der Waals surface area contributed by atoms with Gasteiger partial charge in [-0.15, -0.1) is 12.4 Å². The Morgan fingerprint density at radius 2 is 2.38 bits per heavy atom. The van der Waals surface area contributed by atoms with Crippen LogP contribution in [-0.2, 0) is 11.2 Å². The third kappa shape index (κ3) is 3.23. The number of carbonyl (C=O) groups excluding carboxylic acids is 1. The fourth-order valence-corrected chi connectivity index (χ4v) is 1.65. The van der Waals surface area contributed by atoms with Crippen LogP contribution in [0.15, 0.2) is 16.5 Å². The molecule has 2 heterocycles. The summed E-state index contributed by atoms with van der Waals surface area (Å²) in [5.41, 5.74) is 0. The van der Waals surface area contributed by atoms with Crippen LogP contribution < -0.4 is 10.4 Å². The van der Waals surface area contributed by atoms with Crippen molar-refractivity contribution in [2.24, 2.45) is 0 Å². The summed E-state index contributed by atoms with van der Waals surface area (Å²) < 4.78 is 10.6. The third-order valence-corrected chi connectivity index (χ3v) is 2.40. The summed E-state index contributed by atoms with van der Waals surface area (Å²) in [5, 5.41) is 12.6. The number of quaternary nitrogens is 1. The molecule has 1 fully saturated rings. The first-order valence-electron chi connectivity index (χ1n) is 4.99. The summed E-state index contributed by atoms with van der Waals surface area (Å²) in [4.78, 5) is 10.5. The zero-order chi connectivity index (χ0) is 10.7. The number of carboxylic acids is 1. The van der Waals surface area contributed by atoms with E-state index in [2.05, 4.69) is 5.32 Å². The Balaban J connectivity index is 0.00000128. The molecule has 0 bridgehead atoms. The molecule has 0 aliphatic carbocycles. The number of hydrogen-bond acceptors (Lipinski definition) is 4. The number of hydrogen-bond donors (Lipinski definition) is 1. The minimum atomic E-state index is -1.28. The van der Waals surface area contributed by atoms with Gasteiger partial charge in [0, 0.05) is 6.42 Å². The molecule has 6 heteroatoms. The van der Waals surface area contributed by atoms with Gasteiger partial charge in [-0.25, -0.2) is 0 Å². The van der Waals surface area contributed by atoms with Gasteiger partial charge in [0.25, 0.3) is 0 Å². The van der Waals surface area contributed by atoms with Gasteiger partial charge in [0.05, 0.1) is 13.2 Å². The number of morpholine rings is 1. The van der Waals surface area contributed by atoms with Crippen LogP contribution in [0.1, 0.15) is 16.3 Å². The lowest BCUT2D eigenvalue weighted by Gasteiger charge is -2.19. The van der Waals surface area contributed by atoms with Gasteiger partial charge in [0.1, 0.15) is 30.1 Å². The van der Waals surface area contributed by atoms with Gasteiger partial charge in [0.2, 0.25) is 0 Å². The number of carboxylic acid groups (broad SMARTS) is 1. The molecule has 0 saturated carbocycles. The van der Waals surface area contributed by atoms with E-state index >= 15 is 0 Å². The van der Waals surface area contributed by atoms with Crippen molar-refractivity contribution in [1.82, 2.24) is 0 Å². The Morgan fingerprint density at radius 3 is 2.94 bits per heavy atom. The number of rotatable bonds is 3. The second-order valence-corrected chi connectivity index (χ2v) is 3.56. The van der Waals surface area contributed by atoms with E-state index in [4.69, 9.17) is 9.15 Å². The molecule has 2 rings (SSSR count). The van der Waals surface area contributed by atoms with E-state index in [1.165, 1.54) is 6.07 Å². The van der Waals surface area contributed by atoms with Crippen molar-refractivity contribution in [1.29, 1.82) is 0 Å². The minimum Gasteiger partial charge on any atom is -0.542 e. The maximum absolute atomic E-state index is 10.5. The van der Waals surface area contributed by atoms with Crippen LogP contribution in [-0.4, -0.2) is 31.8 Å². The summed E-state index contributed by atoms with van der Waals surface area (Å²) in [6.07, 6.45) is 0.726. The zero-order valence-electron chi connectivity index (χ0n) is 8.68. The van der Waals surface area contributed by atoms with Crippen molar-refractivity contribution in [3.63, 3.8) is 0 Å². The first-order chi connectivity index (χ1) is 7.25. The van der Waals surface area contributed by atoms with E-state index in [1.807, 2.05) is 0 Å². The van der Waals surface area contributed by atoms with Crippen molar-refractivity contribution in [2.45, 2.75) is 12.5 Å². The maximum Gasteiger partial charge on any atom is 0.149 e. The first kappa shape index (κ1) is 13.0. The number of aromatic carboxylic acids is 1. The fraction of sp³-hybridized carbons (Fsp3) is 0.500. The highest BCUT2D eigenvalue weighted by molar-refractivity contribution is 5.85. The summed E-state index contributed by atoms with van der Waals surface area (Å²) in [7, 11) is 0. The van der Waals surface area contributed by atoms with Crippen molar-refractivity contribution in [3.05, 3.63) is 23.7 Å². The Bertz CT molecular complexity index is 346. The molecule has 0 spiro atoms. The lowest BCUT2D eigenvalue weighted by atomic mass is 10.2. The van der Waals surface area contributed by atoms with Gasteiger partial charge in [0.15, 0.2) is 0 Å². The van der Waals surface area contributed by atoms with Crippen LogP contribution in [0.5, 0.6) is 0 Å². The topological polar surface area (TPSA) is 79.1 Å². The zero-order valence-corrected chi connectivity index (χ0v) is 9.50. The summed E-state index contributed by atoms with van der Waals surface area (Å²) >= 11 is 0. The molecule has 16 heavy (non-hydrogen) atoms. The molecule has 0 aromatic carbocycles. The molecule has 1 atom stereocenters. The van der Waals surface area contributed by atoms with E-state index in [0.717, 1.165) is 19.7 Å². The normalized spacial score (nSPS) is 20.1. The predicted molar refractivity (Wildman–Crippen MR) is 55.4 cm³/mol. The van der Waals surface area contributed by atoms with Gasteiger partial charge in [-0.3, -0.25) is 0 Å². The molecule has 1 aliphatic rings. The largest absolute Gasteiger partial charge is 0.542 e. The standard InChI is InChI=1S/C10H13NO4.ClH/c12-10(13)9-2-1-7(15-9)5-8-6-11-3-4-14-8;/h1-2,8,11H,3-6H2,(H,12,13);1H. The molecule has 1 saturated heterocycles. The fourth-order valence-electron chi connectivity index (χ4n) is 1.65. The lowest BCUT2D eigenvalue weighted by molar-refractivity contribution is -0.677. The highest BCUT2D eigenvalue weighted by Crippen LogP contribution is 2.10. The second-order valence-electron chi connectivity index (χ2n) is 3.56. The molecule has 0 amide bonds. The average molecular weight is 248 g/mol. The van der Waals surface area contributed by atoms with E-state index in [1.54, 1.807) is 6.07 Å². The van der Waals surface area contributed by atoms with Crippen LogP contribution >= 0.6 is 12.4 Å². The second kappa shape index (κ2) is 5.89. The number of ether oxygens (including phenoxy) is 1. The summed E-state index contributed by atoms with van der Waals surface area (Å²) in [6, 6.07) is 3.07. The molecule has 1 aromatic rings. The van der Waals surface area contributed by atoms with Crippen molar-refractivity contribution >= 4 is 18.4 Å². The van der Waals surface area contributed by atoms with Crippen LogP contribution in [0.4, 0.5) is 0 Å². The number of nitrogens with two attached hydrogens (primary N) is 1. The monoisotopic (exact) mass is 247 g/mol. The Kier molecular flexibility index (Phi) is 4.79. The molecule has 90 valence electrons. The highest BCUT2D eigenvalue weighted by Gasteiger charge is 2.18. The molecule has 1 unspecified atom stereocenters. The maximum atomic E-state index is 10.5. The highest BCUT2D eigenvalue weighted by atomic mass is 35.5. The van der Waals surface area contributed by atoms with E-state index < -0.39 is 5.97 Å². The molecular weight excluding hydrogens is 234 g/mol. The molecule has 5 nitrogen and oxygen atoms in total. The lowest BCUT2D eigenvalue weighted by Crippen LogP contribution is -2.89. The molecule has 2 N–H and O–H groups in total. The molecular formula is C10H14ClNO4. The van der Waals surface area contributed by atoms with Gasteiger partial charge in [-0.1, -0.05) is 0 Å². The first-order valence-corrected chi connectivity index (χ1v) is 4.99. The number of halogens is 1. The summed E-state index contributed by atoms with van der Waals surface area (Å²) in [6.45, 7) is 2.61. The van der Waals surface area contributed by atoms with E-state index in [-0.39, 0.29) is 24.3 Å². The van der Waals surface area contributed by atoms with Crippen LogP contribution in [0.3, 0.4) is 0 Å². The number of furan rings is 1. The van der Waals surface area contributed by atoms with Gasteiger partial charge in [-0.2, -0.15) is 0 Å². The van der Waals surface area contributed by atoms with Gasteiger partial charge in [-0.05, 0) is 12.1 Å².